The van der Waals surface area contributed by atoms with Crippen molar-refractivity contribution in [2.45, 2.75) is 25.1 Å². The van der Waals surface area contributed by atoms with E-state index in [1.807, 2.05) is 12.1 Å². The minimum atomic E-state index is -0.188. The maximum absolute atomic E-state index is 11.2. The molecule has 5 heteroatoms. The molecule has 0 spiro atoms. The third-order valence-electron chi connectivity index (χ3n) is 3.06. The quantitative estimate of drug-likeness (QED) is 0.748. The predicted octanol–water partition coefficient (Wildman–Crippen LogP) is 2.64. The average molecular weight is 297 g/mol. The molecule has 0 aliphatic heterocycles. The van der Waals surface area contributed by atoms with E-state index in [-0.39, 0.29) is 17.3 Å². The topological polar surface area (TPSA) is 47.6 Å². The highest BCUT2D eigenvalue weighted by atomic mass is 32.2. The molecule has 0 bridgehead atoms. The van der Waals surface area contributed by atoms with E-state index >= 15 is 0 Å². The third-order valence-corrected chi connectivity index (χ3v) is 4.26. The Morgan fingerprint density at radius 1 is 1.30 bits per heavy atom. The summed E-state index contributed by atoms with van der Waals surface area (Å²) in [5.74, 6) is 1.03. The number of rotatable bonds is 8. The molecule has 1 N–H and O–H groups in total. The van der Waals surface area contributed by atoms with Crippen LogP contribution in [0.4, 0.5) is 0 Å². The van der Waals surface area contributed by atoms with Crippen LogP contribution in [0.5, 0.6) is 5.75 Å². The highest BCUT2D eigenvalue weighted by Gasteiger charge is 2.20. The fraction of sp³-hybridized carbons (Fsp3) is 0.533. The summed E-state index contributed by atoms with van der Waals surface area (Å²) in [6.45, 7) is 5.07. The van der Waals surface area contributed by atoms with Crippen LogP contribution < -0.4 is 10.1 Å². The molecule has 0 aliphatic rings. The fourth-order valence-corrected chi connectivity index (χ4v) is 2.90. The Kier molecular flexibility index (Phi) is 7.47. The molecule has 0 saturated carbocycles. The van der Waals surface area contributed by atoms with E-state index in [0.29, 0.717) is 5.75 Å². The molecule has 0 heterocycles. The molecule has 20 heavy (non-hydrogen) atoms. The highest BCUT2D eigenvalue weighted by Crippen LogP contribution is 2.27. The Bertz CT molecular complexity index is 408. The van der Waals surface area contributed by atoms with E-state index in [4.69, 9.17) is 4.74 Å². The number of methoxy groups -OCH3 is 2. The van der Waals surface area contributed by atoms with Gasteiger partial charge in [0.2, 0.25) is 0 Å². The first-order valence-corrected chi connectivity index (χ1v) is 7.73. The van der Waals surface area contributed by atoms with Gasteiger partial charge in [-0.1, -0.05) is 26.0 Å². The van der Waals surface area contributed by atoms with Gasteiger partial charge < -0.3 is 14.8 Å². The highest BCUT2D eigenvalue weighted by molar-refractivity contribution is 8.00. The molecule has 0 aliphatic carbocycles. The maximum atomic E-state index is 11.2. The number of esters is 1. The molecular formula is C15H23NO3S. The van der Waals surface area contributed by atoms with Crippen LogP contribution in [0, 0.1) is 0 Å². The van der Waals surface area contributed by atoms with Gasteiger partial charge in [0.15, 0.2) is 0 Å². The molecule has 2 unspecified atom stereocenters. The van der Waals surface area contributed by atoms with E-state index < -0.39 is 0 Å². The van der Waals surface area contributed by atoms with E-state index in [2.05, 4.69) is 36.0 Å². The zero-order valence-electron chi connectivity index (χ0n) is 12.5. The van der Waals surface area contributed by atoms with Gasteiger partial charge in [-0.05, 0) is 24.2 Å². The van der Waals surface area contributed by atoms with Gasteiger partial charge in [-0.3, -0.25) is 4.79 Å². The Morgan fingerprint density at radius 3 is 2.45 bits per heavy atom. The van der Waals surface area contributed by atoms with E-state index in [1.165, 1.54) is 12.7 Å². The lowest BCUT2D eigenvalue weighted by molar-refractivity contribution is -0.137. The Labute approximate surface area is 125 Å². The summed E-state index contributed by atoms with van der Waals surface area (Å²) in [7, 11) is 3.07. The van der Waals surface area contributed by atoms with Crippen molar-refractivity contribution in [2.75, 3.05) is 26.5 Å². The van der Waals surface area contributed by atoms with Gasteiger partial charge in [-0.25, -0.2) is 0 Å². The summed E-state index contributed by atoms with van der Waals surface area (Å²) in [5.41, 5.74) is 1.19. The summed E-state index contributed by atoms with van der Waals surface area (Å²) in [6.07, 6.45) is 0. The molecule has 0 saturated heterocycles. The van der Waals surface area contributed by atoms with Gasteiger partial charge >= 0.3 is 5.97 Å². The monoisotopic (exact) mass is 297 g/mol. The fourth-order valence-electron chi connectivity index (χ4n) is 1.94. The molecule has 1 rings (SSSR count). The third kappa shape index (κ3) is 5.06. The Hall–Kier alpha value is -1.20. The van der Waals surface area contributed by atoms with Crippen LogP contribution in [0.25, 0.3) is 0 Å². The normalized spacial score (nSPS) is 13.6. The Morgan fingerprint density at radius 2 is 1.95 bits per heavy atom. The number of carbonyl (C=O) groups is 1. The SMILES string of the molecule is CCNC(c1ccc(OC)cc1)C(C)SCC(=O)OC. The number of ether oxygens (including phenoxy) is 2. The van der Waals surface area contributed by atoms with Gasteiger partial charge in [-0.15, -0.1) is 11.8 Å². The summed E-state index contributed by atoms with van der Waals surface area (Å²) in [6, 6.07) is 8.22. The molecule has 2 atom stereocenters. The molecule has 0 fully saturated rings. The van der Waals surface area contributed by atoms with Gasteiger partial charge in [0.05, 0.1) is 20.0 Å². The Balaban J connectivity index is 2.72. The first-order valence-electron chi connectivity index (χ1n) is 6.68. The molecule has 112 valence electrons. The second-order valence-corrected chi connectivity index (χ2v) is 5.77. The summed E-state index contributed by atoms with van der Waals surface area (Å²) >= 11 is 1.59. The number of nitrogens with one attached hydrogen (secondary N) is 1. The van der Waals surface area contributed by atoms with E-state index in [1.54, 1.807) is 18.9 Å². The number of hydrogen-bond acceptors (Lipinski definition) is 5. The number of thioether (sulfide) groups is 1. The van der Waals surface area contributed by atoms with Crippen molar-refractivity contribution in [3.8, 4) is 5.75 Å². The van der Waals surface area contributed by atoms with Crippen molar-refractivity contribution < 1.29 is 14.3 Å². The van der Waals surface area contributed by atoms with Gasteiger partial charge in [0.25, 0.3) is 0 Å². The second kappa shape index (κ2) is 8.87. The van der Waals surface area contributed by atoms with Crippen molar-refractivity contribution >= 4 is 17.7 Å². The zero-order valence-corrected chi connectivity index (χ0v) is 13.3. The van der Waals surface area contributed by atoms with Crippen LogP contribution in [0.3, 0.4) is 0 Å². The van der Waals surface area contributed by atoms with Crippen LogP contribution in [0.15, 0.2) is 24.3 Å². The minimum absolute atomic E-state index is 0.188. The van der Waals surface area contributed by atoms with Gasteiger partial charge in [-0.2, -0.15) is 0 Å². The molecule has 1 aromatic rings. The summed E-state index contributed by atoms with van der Waals surface area (Å²) < 4.78 is 9.86. The maximum Gasteiger partial charge on any atom is 0.315 e. The number of carbonyl (C=O) groups excluding carboxylic acids is 1. The van der Waals surface area contributed by atoms with Crippen molar-refractivity contribution in [2.24, 2.45) is 0 Å². The van der Waals surface area contributed by atoms with E-state index in [9.17, 15) is 4.79 Å². The summed E-state index contributed by atoms with van der Waals surface area (Å²) in [4.78, 5) is 11.2. The minimum Gasteiger partial charge on any atom is -0.497 e. The van der Waals surface area contributed by atoms with Crippen LogP contribution in [-0.2, 0) is 9.53 Å². The molecule has 0 amide bonds. The molecule has 0 aromatic heterocycles. The van der Waals surface area contributed by atoms with Crippen molar-refractivity contribution in [3.63, 3.8) is 0 Å². The second-order valence-electron chi connectivity index (χ2n) is 4.40. The predicted molar refractivity (Wildman–Crippen MR) is 83.3 cm³/mol. The van der Waals surface area contributed by atoms with Gasteiger partial charge in [0, 0.05) is 11.3 Å². The van der Waals surface area contributed by atoms with Crippen LogP contribution in [0.2, 0.25) is 0 Å². The molecule has 1 aromatic carbocycles. The van der Waals surface area contributed by atoms with Crippen molar-refractivity contribution in [1.82, 2.24) is 5.32 Å². The first-order chi connectivity index (χ1) is 9.62. The van der Waals surface area contributed by atoms with Crippen LogP contribution in [-0.4, -0.2) is 37.7 Å². The lowest BCUT2D eigenvalue weighted by Crippen LogP contribution is -2.29. The lowest BCUT2D eigenvalue weighted by atomic mass is 10.0. The van der Waals surface area contributed by atoms with Crippen LogP contribution >= 0.6 is 11.8 Å². The van der Waals surface area contributed by atoms with Crippen molar-refractivity contribution in [3.05, 3.63) is 29.8 Å². The van der Waals surface area contributed by atoms with Crippen LogP contribution in [0.1, 0.15) is 25.5 Å². The lowest BCUT2D eigenvalue weighted by Gasteiger charge is -2.24. The van der Waals surface area contributed by atoms with Crippen molar-refractivity contribution in [1.29, 1.82) is 0 Å². The first kappa shape index (κ1) is 16.9. The zero-order chi connectivity index (χ0) is 15.0. The average Bonchev–Trinajstić information content (AvgIpc) is 2.50. The molecule has 4 nitrogen and oxygen atoms in total. The smallest absolute Gasteiger partial charge is 0.315 e. The number of hydrogen-bond donors (Lipinski definition) is 1. The molecule has 0 radical (unpaired) electrons. The standard InChI is InChI=1S/C15H23NO3S/c1-5-16-15(11(2)20-10-14(17)19-4)12-6-8-13(18-3)9-7-12/h6-9,11,15-16H,5,10H2,1-4H3. The summed E-state index contributed by atoms with van der Waals surface area (Å²) in [5, 5.41) is 3.73. The molecular weight excluding hydrogens is 274 g/mol. The number of benzene rings is 1. The van der Waals surface area contributed by atoms with E-state index in [0.717, 1.165) is 12.3 Å². The van der Waals surface area contributed by atoms with Gasteiger partial charge in [0.1, 0.15) is 5.75 Å². The largest absolute Gasteiger partial charge is 0.497 e.